The van der Waals surface area contributed by atoms with Gasteiger partial charge in [-0.15, -0.1) is 5.10 Å². The number of aromatic amines is 1. The first kappa shape index (κ1) is 13.9. The maximum absolute atomic E-state index is 10.5. The van der Waals surface area contributed by atoms with Gasteiger partial charge in [0.05, 0.1) is 4.92 Å². The highest BCUT2D eigenvalue weighted by Crippen LogP contribution is 2.32. The molecular weight excluding hydrogens is 290 g/mol. The van der Waals surface area contributed by atoms with Crippen LogP contribution < -0.4 is 0 Å². The van der Waals surface area contributed by atoms with Crippen LogP contribution in [0, 0.1) is 10.1 Å². The predicted molar refractivity (Wildman–Crippen MR) is 69.5 cm³/mol. The molecule has 0 unspecified atom stereocenters. The lowest BCUT2D eigenvalue weighted by atomic mass is 10.3. The van der Waals surface area contributed by atoms with Crippen molar-refractivity contribution in [3.63, 3.8) is 0 Å². The number of rotatable bonds is 7. The SMILES string of the molecule is COCCCc1nc(Sc2ncc([N+](=O)[O-])s2)n[nH]1. The molecule has 0 radical (unpaired) electrons. The molecule has 19 heavy (non-hydrogen) atoms. The summed E-state index contributed by atoms with van der Waals surface area (Å²) in [5, 5.41) is 17.9. The van der Waals surface area contributed by atoms with E-state index < -0.39 is 4.92 Å². The van der Waals surface area contributed by atoms with Crippen LogP contribution in [0.2, 0.25) is 0 Å². The first-order valence-corrected chi connectivity index (χ1v) is 7.00. The van der Waals surface area contributed by atoms with Gasteiger partial charge in [0.15, 0.2) is 4.34 Å². The molecule has 0 aliphatic rings. The van der Waals surface area contributed by atoms with Crippen LogP contribution in [0.5, 0.6) is 0 Å². The number of thiazole rings is 1. The Morgan fingerprint density at radius 3 is 3.16 bits per heavy atom. The molecule has 1 N–H and O–H groups in total. The van der Waals surface area contributed by atoms with Crippen molar-refractivity contribution in [3.8, 4) is 0 Å². The minimum Gasteiger partial charge on any atom is -0.385 e. The number of nitro groups is 1. The van der Waals surface area contributed by atoms with E-state index in [9.17, 15) is 10.1 Å². The van der Waals surface area contributed by atoms with Gasteiger partial charge in [-0.25, -0.2) is 9.97 Å². The third-order valence-corrected chi connectivity index (χ3v) is 3.99. The highest BCUT2D eigenvalue weighted by molar-refractivity contribution is 8.00. The largest absolute Gasteiger partial charge is 0.385 e. The summed E-state index contributed by atoms with van der Waals surface area (Å²) in [6, 6.07) is 0. The van der Waals surface area contributed by atoms with Crippen LogP contribution in [-0.2, 0) is 11.2 Å². The molecule has 2 heterocycles. The van der Waals surface area contributed by atoms with Gasteiger partial charge in [-0.1, -0.05) is 0 Å². The highest BCUT2D eigenvalue weighted by atomic mass is 32.2. The van der Waals surface area contributed by atoms with Crippen LogP contribution in [0.3, 0.4) is 0 Å². The van der Waals surface area contributed by atoms with E-state index in [1.807, 2.05) is 0 Å². The minimum absolute atomic E-state index is 0.0124. The minimum atomic E-state index is -0.462. The molecule has 0 atom stereocenters. The zero-order valence-electron chi connectivity index (χ0n) is 10.0. The molecular formula is C9H11N5O3S2. The van der Waals surface area contributed by atoms with Crippen molar-refractivity contribution in [1.29, 1.82) is 0 Å². The van der Waals surface area contributed by atoms with Gasteiger partial charge in [0, 0.05) is 20.1 Å². The Labute approximate surface area is 116 Å². The van der Waals surface area contributed by atoms with Crippen LogP contribution in [0.1, 0.15) is 12.2 Å². The van der Waals surface area contributed by atoms with Crippen molar-refractivity contribution < 1.29 is 9.66 Å². The topological polar surface area (TPSA) is 107 Å². The van der Waals surface area contributed by atoms with Crippen LogP contribution in [0.25, 0.3) is 0 Å². The number of H-pyrrole nitrogens is 1. The normalized spacial score (nSPS) is 10.8. The van der Waals surface area contributed by atoms with Gasteiger partial charge in [-0.05, 0) is 29.5 Å². The van der Waals surface area contributed by atoms with Crippen LogP contribution in [-0.4, -0.2) is 38.8 Å². The molecule has 102 valence electrons. The van der Waals surface area contributed by atoms with Gasteiger partial charge in [0.25, 0.3) is 0 Å². The monoisotopic (exact) mass is 301 g/mol. The Kier molecular flexibility index (Phi) is 4.82. The Balaban J connectivity index is 1.93. The van der Waals surface area contributed by atoms with Gasteiger partial charge in [0.2, 0.25) is 5.16 Å². The molecule has 2 rings (SSSR count). The van der Waals surface area contributed by atoms with E-state index in [0.29, 0.717) is 16.1 Å². The Morgan fingerprint density at radius 1 is 1.63 bits per heavy atom. The molecule has 2 aromatic rings. The second-order valence-electron chi connectivity index (χ2n) is 3.48. The molecule has 0 fully saturated rings. The van der Waals surface area contributed by atoms with Gasteiger partial charge in [0.1, 0.15) is 12.0 Å². The summed E-state index contributed by atoms with van der Waals surface area (Å²) in [4.78, 5) is 18.3. The van der Waals surface area contributed by atoms with Crippen LogP contribution in [0.15, 0.2) is 15.7 Å². The summed E-state index contributed by atoms with van der Waals surface area (Å²) in [5.41, 5.74) is 0. The van der Waals surface area contributed by atoms with Gasteiger partial charge >= 0.3 is 5.00 Å². The number of ether oxygens (including phenoxy) is 1. The number of aromatic nitrogens is 4. The molecule has 10 heteroatoms. The molecule has 2 aromatic heterocycles. The summed E-state index contributed by atoms with van der Waals surface area (Å²) in [7, 11) is 1.65. The van der Waals surface area contributed by atoms with Crippen molar-refractivity contribution in [2.24, 2.45) is 0 Å². The average molecular weight is 301 g/mol. The summed E-state index contributed by atoms with van der Waals surface area (Å²) in [6.45, 7) is 0.669. The van der Waals surface area contributed by atoms with Crippen LogP contribution in [0.4, 0.5) is 5.00 Å². The number of methoxy groups -OCH3 is 1. The maximum Gasteiger partial charge on any atom is 0.344 e. The quantitative estimate of drug-likeness (QED) is 0.472. The van der Waals surface area contributed by atoms with E-state index >= 15 is 0 Å². The number of nitrogens with one attached hydrogen (secondary N) is 1. The smallest absolute Gasteiger partial charge is 0.344 e. The molecule has 0 amide bonds. The zero-order chi connectivity index (χ0) is 13.7. The van der Waals surface area contributed by atoms with E-state index in [4.69, 9.17) is 4.74 Å². The third kappa shape index (κ3) is 3.98. The predicted octanol–water partition coefficient (Wildman–Crippen LogP) is 1.90. The van der Waals surface area contributed by atoms with Crippen molar-refractivity contribution in [2.45, 2.75) is 22.3 Å². The van der Waals surface area contributed by atoms with Crippen molar-refractivity contribution in [1.82, 2.24) is 20.2 Å². The maximum atomic E-state index is 10.5. The van der Waals surface area contributed by atoms with E-state index in [2.05, 4.69) is 20.2 Å². The van der Waals surface area contributed by atoms with Gasteiger partial charge in [-0.2, -0.15) is 0 Å². The summed E-state index contributed by atoms with van der Waals surface area (Å²) in [6.07, 6.45) is 2.84. The average Bonchev–Trinajstić information content (AvgIpc) is 3.00. The summed E-state index contributed by atoms with van der Waals surface area (Å²) >= 11 is 2.21. The van der Waals surface area contributed by atoms with Crippen LogP contribution >= 0.6 is 23.1 Å². The second-order valence-corrected chi connectivity index (χ2v) is 5.71. The lowest BCUT2D eigenvalue weighted by Gasteiger charge is -1.94. The number of hydrogen-bond donors (Lipinski definition) is 1. The van der Waals surface area contributed by atoms with Crippen molar-refractivity contribution in [2.75, 3.05) is 13.7 Å². The number of hydrogen-bond acceptors (Lipinski definition) is 8. The summed E-state index contributed by atoms with van der Waals surface area (Å²) < 4.78 is 5.50. The lowest BCUT2D eigenvalue weighted by Crippen LogP contribution is -1.94. The first-order valence-electron chi connectivity index (χ1n) is 5.37. The Morgan fingerprint density at radius 2 is 2.47 bits per heavy atom. The van der Waals surface area contributed by atoms with Crippen molar-refractivity contribution >= 4 is 28.1 Å². The standard InChI is InChI=1S/C9H11N5O3S2/c1-17-4-2-3-6-11-8(13-12-6)19-9-10-5-7(18-9)14(15)16/h5H,2-4H2,1H3,(H,11,12,13). The van der Waals surface area contributed by atoms with Gasteiger partial charge < -0.3 is 4.74 Å². The van der Waals surface area contributed by atoms with Crippen molar-refractivity contribution in [3.05, 3.63) is 22.1 Å². The molecule has 0 aliphatic carbocycles. The fourth-order valence-corrected chi connectivity index (χ4v) is 2.90. The molecule has 0 aliphatic heterocycles. The fourth-order valence-electron chi connectivity index (χ4n) is 1.28. The van der Waals surface area contributed by atoms with Gasteiger partial charge in [-0.3, -0.25) is 15.2 Å². The zero-order valence-corrected chi connectivity index (χ0v) is 11.7. The lowest BCUT2D eigenvalue weighted by molar-refractivity contribution is -0.380. The molecule has 0 saturated heterocycles. The Bertz CT molecular complexity index is 556. The van der Waals surface area contributed by atoms with E-state index in [-0.39, 0.29) is 5.00 Å². The number of aryl methyl sites for hydroxylation is 1. The second kappa shape index (κ2) is 6.59. The van der Waals surface area contributed by atoms with E-state index in [1.54, 1.807) is 7.11 Å². The molecule has 0 saturated carbocycles. The molecule has 0 spiro atoms. The summed E-state index contributed by atoms with van der Waals surface area (Å²) in [5.74, 6) is 0.769. The molecule has 0 aromatic carbocycles. The molecule has 8 nitrogen and oxygen atoms in total. The van der Waals surface area contributed by atoms with E-state index in [1.165, 1.54) is 18.0 Å². The Hall–Kier alpha value is -1.52. The van der Waals surface area contributed by atoms with E-state index in [0.717, 1.165) is 30.0 Å². The molecule has 0 bridgehead atoms. The third-order valence-electron chi connectivity index (χ3n) is 2.10. The number of nitrogens with zero attached hydrogens (tertiary/aromatic N) is 4. The first-order chi connectivity index (χ1) is 9.19. The fraction of sp³-hybridized carbons (Fsp3) is 0.444. The highest BCUT2D eigenvalue weighted by Gasteiger charge is 2.14.